The van der Waals surface area contributed by atoms with E-state index in [1.54, 1.807) is 71.3 Å². The molecule has 0 spiro atoms. The normalized spacial score (nSPS) is 21.3. The fourth-order valence-corrected chi connectivity index (χ4v) is 8.61. The Morgan fingerprint density at radius 3 is 1.92 bits per heavy atom. The van der Waals surface area contributed by atoms with Gasteiger partial charge in [0.05, 0.1) is 18.6 Å². The molecule has 0 aliphatic carbocycles. The van der Waals surface area contributed by atoms with Crippen LogP contribution in [0.2, 0.25) is 0 Å². The summed E-state index contributed by atoms with van der Waals surface area (Å²) in [5, 5.41) is 30.0. The van der Waals surface area contributed by atoms with Crippen molar-refractivity contribution < 1.29 is 32.9 Å². The molecule has 3 heterocycles. The number of aromatic nitrogens is 1. The number of nitrogens with zero attached hydrogens (tertiary/aromatic N) is 3. The Kier molecular flexibility index (Phi) is 10.8. The lowest BCUT2D eigenvalue weighted by atomic mass is 9.99. The highest BCUT2D eigenvalue weighted by molar-refractivity contribution is 7.86. The topological polar surface area (TPSA) is 142 Å². The minimum Gasteiger partial charge on any atom is -0.492 e. The molecule has 14 heteroatoms. The van der Waals surface area contributed by atoms with Crippen LogP contribution in [0.3, 0.4) is 0 Å². The van der Waals surface area contributed by atoms with Crippen LogP contribution >= 0.6 is 22.7 Å². The molecule has 2 aromatic heterocycles. The Morgan fingerprint density at radius 2 is 1.38 bits per heavy atom. The van der Waals surface area contributed by atoms with Crippen molar-refractivity contribution in [2.45, 2.75) is 30.8 Å². The number of para-hydroxylation sites is 2. The molecule has 0 bridgehead atoms. The van der Waals surface area contributed by atoms with Gasteiger partial charge in [0.15, 0.2) is 5.13 Å². The first-order valence-electron chi connectivity index (χ1n) is 15.1. The van der Waals surface area contributed by atoms with Crippen LogP contribution in [0.25, 0.3) is 10.4 Å². The van der Waals surface area contributed by atoms with Gasteiger partial charge in [-0.25, -0.2) is 4.98 Å². The monoisotopic (exact) mass is 706 g/mol. The summed E-state index contributed by atoms with van der Waals surface area (Å²) in [6, 6.07) is 26.3. The van der Waals surface area contributed by atoms with Gasteiger partial charge in [0, 0.05) is 23.0 Å². The second kappa shape index (κ2) is 15.4. The third kappa shape index (κ3) is 7.93. The van der Waals surface area contributed by atoms with Gasteiger partial charge in [-0.15, -0.1) is 22.7 Å². The summed E-state index contributed by atoms with van der Waals surface area (Å²) in [5.74, 6) is 0.226. The van der Waals surface area contributed by atoms with Crippen molar-refractivity contribution in [1.82, 2.24) is 13.6 Å². The molecule has 1 aliphatic rings. The van der Waals surface area contributed by atoms with E-state index >= 15 is 0 Å². The largest absolute Gasteiger partial charge is 0.492 e. The number of nitrogens with one attached hydrogen (secondary N) is 1. The van der Waals surface area contributed by atoms with Crippen LogP contribution in [-0.4, -0.2) is 82.2 Å². The van der Waals surface area contributed by atoms with E-state index in [1.165, 1.54) is 17.5 Å². The number of benzene rings is 3. The number of carbonyl (C=O) groups excluding carboxylic acids is 1. The van der Waals surface area contributed by atoms with Crippen LogP contribution in [0, 0.1) is 0 Å². The molecule has 0 radical (unpaired) electrons. The SMILES string of the molecule is O=C(CN1C(COc2ccccc2)C(O)[C@H](O)[C@H](COc2ccccc2)N(Cc2ccc(-c3cccs3)cc2)S1(=O)=O)Nc1nccs1. The summed E-state index contributed by atoms with van der Waals surface area (Å²) in [4.78, 5) is 18.4. The van der Waals surface area contributed by atoms with Crippen LogP contribution in [0.5, 0.6) is 11.5 Å². The predicted octanol–water partition coefficient (Wildman–Crippen LogP) is 4.49. The number of aliphatic hydroxyl groups excluding tert-OH is 2. The molecule has 3 N–H and O–H groups in total. The van der Waals surface area contributed by atoms with E-state index in [2.05, 4.69) is 10.3 Å². The van der Waals surface area contributed by atoms with Crippen LogP contribution in [-0.2, 0) is 21.5 Å². The number of hydrogen-bond acceptors (Lipinski definition) is 10. The Bertz CT molecular complexity index is 1840. The lowest BCUT2D eigenvalue weighted by molar-refractivity contribution is -0.117. The fraction of sp³-hybridized carbons (Fsp3) is 0.235. The van der Waals surface area contributed by atoms with Gasteiger partial charge in [-0.1, -0.05) is 66.7 Å². The maximum Gasteiger partial charge on any atom is 0.283 e. The summed E-state index contributed by atoms with van der Waals surface area (Å²) in [6.45, 7) is -1.47. The lowest BCUT2D eigenvalue weighted by Gasteiger charge is -2.34. The number of thiophene rings is 1. The summed E-state index contributed by atoms with van der Waals surface area (Å²) < 4.78 is 43.5. The molecule has 6 rings (SSSR count). The minimum absolute atomic E-state index is 0.170. The molecule has 2 unspecified atom stereocenters. The quantitative estimate of drug-likeness (QED) is 0.173. The number of rotatable bonds is 12. The van der Waals surface area contributed by atoms with E-state index < -0.39 is 47.0 Å². The molecule has 1 aliphatic heterocycles. The van der Waals surface area contributed by atoms with Gasteiger partial charge >= 0.3 is 0 Å². The highest BCUT2D eigenvalue weighted by Gasteiger charge is 2.51. The number of ether oxygens (including phenoxy) is 2. The Hall–Kier alpha value is -4.15. The highest BCUT2D eigenvalue weighted by atomic mass is 32.2. The lowest BCUT2D eigenvalue weighted by Crippen LogP contribution is -2.54. The van der Waals surface area contributed by atoms with Gasteiger partial charge in [0.2, 0.25) is 5.91 Å². The number of amides is 1. The first kappa shape index (κ1) is 33.7. The van der Waals surface area contributed by atoms with E-state index in [1.807, 2.05) is 47.8 Å². The van der Waals surface area contributed by atoms with Gasteiger partial charge in [-0.05, 0) is 46.8 Å². The zero-order valence-electron chi connectivity index (χ0n) is 25.6. The van der Waals surface area contributed by atoms with Gasteiger partial charge < -0.3 is 25.0 Å². The molecule has 1 fully saturated rings. The van der Waals surface area contributed by atoms with Gasteiger partial charge in [0.1, 0.15) is 36.9 Å². The van der Waals surface area contributed by atoms with Crippen LogP contribution < -0.4 is 14.8 Å². The Labute approximate surface area is 286 Å². The molecule has 1 saturated heterocycles. The second-order valence-corrected chi connectivity index (χ2v) is 14.7. The molecular weight excluding hydrogens is 673 g/mol. The predicted molar refractivity (Wildman–Crippen MR) is 185 cm³/mol. The molecular formula is C34H34N4O7S3. The number of carbonyl (C=O) groups is 1. The van der Waals surface area contributed by atoms with Crippen molar-refractivity contribution in [3.63, 3.8) is 0 Å². The van der Waals surface area contributed by atoms with Crippen molar-refractivity contribution in [1.29, 1.82) is 0 Å². The first-order chi connectivity index (χ1) is 23.3. The summed E-state index contributed by atoms with van der Waals surface area (Å²) >= 11 is 2.77. The summed E-state index contributed by atoms with van der Waals surface area (Å²) in [7, 11) is -4.59. The molecule has 3 aromatic carbocycles. The van der Waals surface area contributed by atoms with Gasteiger partial charge in [0.25, 0.3) is 10.2 Å². The van der Waals surface area contributed by atoms with Crippen molar-refractivity contribution in [3.05, 3.63) is 120 Å². The minimum atomic E-state index is -4.59. The van der Waals surface area contributed by atoms with E-state index in [9.17, 15) is 23.4 Å². The molecule has 0 saturated carbocycles. The third-order valence-corrected chi connectivity index (χ3v) is 11.5. The van der Waals surface area contributed by atoms with Crippen LogP contribution in [0.4, 0.5) is 5.13 Å². The average Bonchev–Trinajstić information content (AvgIpc) is 3.83. The smallest absolute Gasteiger partial charge is 0.283 e. The molecule has 4 atom stereocenters. The van der Waals surface area contributed by atoms with Gasteiger partial charge in [-0.2, -0.15) is 17.0 Å². The maximum atomic E-state index is 14.8. The van der Waals surface area contributed by atoms with E-state index in [4.69, 9.17) is 9.47 Å². The Balaban J connectivity index is 1.37. The summed E-state index contributed by atoms with van der Waals surface area (Å²) in [6.07, 6.45) is -1.76. The number of anilines is 1. The standard InChI is InChI=1S/C34H34N4O7S3/c39-31(36-34-35-17-19-47-34)21-38-29(23-45-27-10-5-2-6-11-27)33(41)32(40)28(22-44-26-8-3-1-4-9-26)37(48(38,42)43)20-24-13-15-25(16-14-24)30-12-7-18-46-30/h1-19,28-29,32-33,40-41H,20-23H2,(H,35,36,39)/t28-,29?,32+,33?/m0/s1. The van der Waals surface area contributed by atoms with E-state index in [-0.39, 0.29) is 19.8 Å². The zero-order chi connectivity index (χ0) is 33.5. The third-order valence-electron chi connectivity index (χ3n) is 7.87. The van der Waals surface area contributed by atoms with Crippen molar-refractivity contribution >= 4 is 43.9 Å². The Morgan fingerprint density at radius 1 is 0.771 bits per heavy atom. The van der Waals surface area contributed by atoms with Crippen molar-refractivity contribution in [2.75, 3.05) is 25.1 Å². The van der Waals surface area contributed by atoms with Crippen LogP contribution in [0.1, 0.15) is 5.56 Å². The number of hydrogen-bond donors (Lipinski definition) is 3. The molecule has 250 valence electrons. The maximum absolute atomic E-state index is 14.8. The van der Waals surface area contributed by atoms with Crippen LogP contribution in [0.15, 0.2) is 114 Å². The number of thiazole rings is 1. The fourth-order valence-electron chi connectivity index (χ4n) is 5.41. The zero-order valence-corrected chi connectivity index (χ0v) is 28.1. The van der Waals surface area contributed by atoms with Crippen molar-refractivity contribution in [2.24, 2.45) is 0 Å². The number of aliphatic hydroxyl groups is 2. The highest BCUT2D eigenvalue weighted by Crippen LogP contribution is 2.31. The van der Waals surface area contributed by atoms with E-state index in [0.29, 0.717) is 22.2 Å². The average molecular weight is 707 g/mol. The van der Waals surface area contributed by atoms with Crippen molar-refractivity contribution in [3.8, 4) is 21.9 Å². The molecule has 5 aromatic rings. The van der Waals surface area contributed by atoms with Gasteiger partial charge in [-0.3, -0.25) is 4.79 Å². The molecule has 1 amide bonds. The molecule has 48 heavy (non-hydrogen) atoms. The first-order valence-corrected chi connectivity index (χ1v) is 18.3. The molecule has 11 nitrogen and oxygen atoms in total. The summed E-state index contributed by atoms with van der Waals surface area (Å²) in [5.41, 5.74) is 1.61. The second-order valence-electron chi connectivity index (χ2n) is 11.0. The van der Waals surface area contributed by atoms with E-state index in [0.717, 1.165) is 19.1 Å².